The standard InChI is InChI=1S/C23H28Cl3N3O4S/c1-4-21(23(31)27-2)28(15-16-7-8-18(25)14-20(16)26)22(30)6-5-13-29(34(3,32)33)19-11-9-17(24)10-12-19/h7-12,14,21H,4-6,13,15H2,1-3H3,(H,27,31)/t21-/m1/s1. The predicted molar refractivity (Wildman–Crippen MR) is 138 cm³/mol. The van der Waals surface area contributed by atoms with Gasteiger partial charge in [-0.1, -0.05) is 47.8 Å². The smallest absolute Gasteiger partial charge is 0.242 e. The van der Waals surface area contributed by atoms with Crippen molar-refractivity contribution < 1.29 is 18.0 Å². The van der Waals surface area contributed by atoms with E-state index in [4.69, 9.17) is 34.8 Å². The number of halogens is 3. The number of anilines is 1. The third-order valence-corrected chi connectivity index (χ3v) is 7.29. The summed E-state index contributed by atoms with van der Waals surface area (Å²) in [6, 6.07) is 10.7. The Labute approximate surface area is 216 Å². The maximum Gasteiger partial charge on any atom is 0.242 e. The minimum Gasteiger partial charge on any atom is -0.357 e. The number of hydrogen-bond acceptors (Lipinski definition) is 4. The molecule has 0 aliphatic heterocycles. The van der Waals surface area contributed by atoms with E-state index in [9.17, 15) is 18.0 Å². The van der Waals surface area contributed by atoms with E-state index in [-0.39, 0.29) is 37.7 Å². The van der Waals surface area contributed by atoms with Gasteiger partial charge in [0.1, 0.15) is 6.04 Å². The molecule has 0 radical (unpaired) electrons. The highest BCUT2D eigenvalue weighted by Crippen LogP contribution is 2.25. The number of likely N-dealkylation sites (N-methyl/N-ethyl adjacent to an activating group) is 1. The number of amides is 2. The first-order valence-corrected chi connectivity index (χ1v) is 13.6. The number of rotatable bonds is 11. The Kier molecular flexibility index (Phi) is 10.5. The maximum absolute atomic E-state index is 13.3. The van der Waals surface area contributed by atoms with Crippen LogP contribution in [0.15, 0.2) is 42.5 Å². The van der Waals surface area contributed by atoms with Crippen molar-refractivity contribution in [1.82, 2.24) is 10.2 Å². The van der Waals surface area contributed by atoms with Gasteiger partial charge < -0.3 is 10.2 Å². The molecule has 0 unspecified atom stereocenters. The van der Waals surface area contributed by atoms with E-state index in [1.165, 1.54) is 16.3 Å². The molecule has 7 nitrogen and oxygen atoms in total. The molecule has 0 heterocycles. The minimum absolute atomic E-state index is 0.0400. The molecule has 0 bridgehead atoms. The summed E-state index contributed by atoms with van der Waals surface area (Å²) in [5.41, 5.74) is 1.11. The minimum atomic E-state index is -3.57. The van der Waals surface area contributed by atoms with Crippen molar-refractivity contribution in [2.24, 2.45) is 0 Å². The van der Waals surface area contributed by atoms with Crippen LogP contribution in [0.5, 0.6) is 0 Å². The van der Waals surface area contributed by atoms with Crippen molar-refractivity contribution in [3.05, 3.63) is 63.1 Å². The molecular weight excluding hydrogens is 521 g/mol. The Morgan fingerprint density at radius 3 is 2.18 bits per heavy atom. The van der Waals surface area contributed by atoms with Crippen LogP contribution < -0.4 is 9.62 Å². The van der Waals surface area contributed by atoms with Crippen LogP contribution in [0.1, 0.15) is 31.7 Å². The molecule has 2 aromatic carbocycles. The monoisotopic (exact) mass is 547 g/mol. The van der Waals surface area contributed by atoms with Gasteiger partial charge in [-0.25, -0.2) is 8.42 Å². The first-order valence-electron chi connectivity index (χ1n) is 10.7. The van der Waals surface area contributed by atoms with Crippen molar-refractivity contribution in [1.29, 1.82) is 0 Å². The highest BCUT2D eigenvalue weighted by Gasteiger charge is 2.28. The van der Waals surface area contributed by atoms with Crippen LogP contribution in [0.25, 0.3) is 0 Å². The van der Waals surface area contributed by atoms with Crippen molar-refractivity contribution in [2.75, 3.05) is 24.2 Å². The summed E-state index contributed by atoms with van der Waals surface area (Å²) >= 11 is 18.2. The van der Waals surface area contributed by atoms with Gasteiger partial charge >= 0.3 is 0 Å². The quantitative estimate of drug-likeness (QED) is 0.439. The topological polar surface area (TPSA) is 86.8 Å². The molecule has 2 rings (SSSR count). The first-order chi connectivity index (χ1) is 16.0. The molecule has 11 heteroatoms. The van der Waals surface area contributed by atoms with Gasteiger partial charge in [0.05, 0.1) is 11.9 Å². The summed E-state index contributed by atoms with van der Waals surface area (Å²) in [5, 5.41) is 3.94. The lowest BCUT2D eigenvalue weighted by atomic mass is 10.1. The van der Waals surface area contributed by atoms with Gasteiger partial charge in [0.15, 0.2) is 0 Å². The molecule has 1 N–H and O–H groups in total. The molecule has 0 spiro atoms. The molecule has 0 aliphatic carbocycles. The summed E-state index contributed by atoms with van der Waals surface area (Å²) in [5.74, 6) is -0.578. The largest absolute Gasteiger partial charge is 0.357 e. The third kappa shape index (κ3) is 7.77. The zero-order valence-electron chi connectivity index (χ0n) is 19.2. The van der Waals surface area contributed by atoms with Crippen molar-refractivity contribution in [3.8, 4) is 0 Å². The average molecular weight is 549 g/mol. The Morgan fingerprint density at radius 1 is 1.03 bits per heavy atom. The highest BCUT2D eigenvalue weighted by atomic mass is 35.5. The van der Waals surface area contributed by atoms with Gasteiger partial charge in [-0.2, -0.15) is 0 Å². The van der Waals surface area contributed by atoms with E-state index in [0.29, 0.717) is 32.7 Å². The second-order valence-electron chi connectivity index (χ2n) is 7.71. The fourth-order valence-corrected chi connectivity index (χ4v) is 5.09. The van der Waals surface area contributed by atoms with E-state index in [1.54, 1.807) is 42.5 Å². The number of hydrogen-bond donors (Lipinski definition) is 1. The molecule has 0 aliphatic rings. The number of nitrogens with one attached hydrogen (secondary N) is 1. The molecule has 1 atom stereocenters. The average Bonchev–Trinajstić information content (AvgIpc) is 2.77. The number of carbonyl (C=O) groups excluding carboxylic acids is 2. The zero-order chi connectivity index (χ0) is 25.5. The van der Waals surface area contributed by atoms with E-state index in [0.717, 1.165) is 6.26 Å². The molecule has 0 fully saturated rings. The maximum atomic E-state index is 13.3. The lowest BCUT2D eigenvalue weighted by molar-refractivity contribution is -0.141. The van der Waals surface area contributed by atoms with Gasteiger partial charge in [0.2, 0.25) is 21.8 Å². The van der Waals surface area contributed by atoms with Crippen molar-refractivity contribution in [3.63, 3.8) is 0 Å². The summed E-state index contributed by atoms with van der Waals surface area (Å²) in [6.45, 7) is 2.03. The van der Waals surface area contributed by atoms with Crippen LogP contribution in [0.3, 0.4) is 0 Å². The lowest BCUT2D eigenvalue weighted by Crippen LogP contribution is -2.48. The number of carbonyl (C=O) groups is 2. The van der Waals surface area contributed by atoms with Crippen LogP contribution in [0.4, 0.5) is 5.69 Å². The zero-order valence-corrected chi connectivity index (χ0v) is 22.3. The SMILES string of the molecule is CC[C@H](C(=O)NC)N(Cc1ccc(Cl)cc1Cl)C(=O)CCCN(c1ccc(Cl)cc1)S(C)(=O)=O. The number of sulfonamides is 1. The fourth-order valence-electron chi connectivity index (χ4n) is 3.53. The summed E-state index contributed by atoms with van der Waals surface area (Å²) in [6.07, 6.45) is 1.80. The first kappa shape index (κ1) is 28.2. The molecule has 186 valence electrons. The fraction of sp³-hybridized carbons (Fsp3) is 0.391. The van der Waals surface area contributed by atoms with Crippen LogP contribution in [0.2, 0.25) is 15.1 Å². The Hall–Kier alpha value is -2.00. The van der Waals surface area contributed by atoms with Gasteiger partial charge in [-0.15, -0.1) is 0 Å². The molecule has 34 heavy (non-hydrogen) atoms. The second-order valence-corrected chi connectivity index (χ2v) is 10.9. The summed E-state index contributed by atoms with van der Waals surface area (Å²) in [4.78, 5) is 27.2. The summed E-state index contributed by atoms with van der Waals surface area (Å²) in [7, 11) is -2.06. The van der Waals surface area contributed by atoms with Crippen molar-refractivity contribution >= 4 is 62.3 Å². The van der Waals surface area contributed by atoms with E-state index in [1.807, 2.05) is 6.92 Å². The molecule has 0 saturated carbocycles. The summed E-state index contributed by atoms with van der Waals surface area (Å²) < 4.78 is 25.9. The van der Waals surface area contributed by atoms with Crippen molar-refractivity contribution in [2.45, 2.75) is 38.8 Å². The third-order valence-electron chi connectivity index (χ3n) is 5.25. The molecule has 2 aromatic rings. The van der Waals surface area contributed by atoms with Gasteiger partial charge in [0, 0.05) is 41.6 Å². The molecule has 0 aromatic heterocycles. The van der Waals surface area contributed by atoms with Crippen LogP contribution in [0, 0.1) is 0 Å². The van der Waals surface area contributed by atoms with Crippen LogP contribution >= 0.6 is 34.8 Å². The molecular formula is C23H28Cl3N3O4S. The van der Waals surface area contributed by atoms with Crippen LogP contribution in [-0.4, -0.2) is 51.0 Å². The van der Waals surface area contributed by atoms with E-state index < -0.39 is 16.1 Å². The number of nitrogens with zero attached hydrogens (tertiary/aromatic N) is 2. The highest BCUT2D eigenvalue weighted by molar-refractivity contribution is 7.92. The van der Waals surface area contributed by atoms with E-state index >= 15 is 0 Å². The Bertz CT molecular complexity index is 1110. The second kappa shape index (κ2) is 12.6. The lowest BCUT2D eigenvalue weighted by Gasteiger charge is -2.31. The van der Waals surface area contributed by atoms with E-state index in [2.05, 4.69) is 5.32 Å². The Balaban J connectivity index is 2.21. The van der Waals surface area contributed by atoms with Gasteiger partial charge in [-0.3, -0.25) is 13.9 Å². The van der Waals surface area contributed by atoms with Gasteiger partial charge in [0.25, 0.3) is 0 Å². The predicted octanol–water partition coefficient (Wildman–Crippen LogP) is 4.75. The van der Waals surface area contributed by atoms with Gasteiger partial charge in [-0.05, 0) is 54.8 Å². The number of benzene rings is 2. The van der Waals surface area contributed by atoms with Crippen LogP contribution in [-0.2, 0) is 26.2 Å². The normalized spacial score (nSPS) is 12.2. The molecule has 0 saturated heterocycles. The Morgan fingerprint density at radius 2 is 1.65 bits per heavy atom. The molecule has 2 amide bonds.